The number of piperazine rings is 1. The van der Waals surface area contributed by atoms with Gasteiger partial charge in [0.2, 0.25) is 0 Å². The summed E-state index contributed by atoms with van der Waals surface area (Å²) in [5.41, 5.74) is 2.66. The lowest BCUT2D eigenvalue weighted by atomic mass is 9.94. The van der Waals surface area contributed by atoms with Crippen LogP contribution in [0.1, 0.15) is 29.7 Å². The second-order valence-electron chi connectivity index (χ2n) is 5.54. The summed E-state index contributed by atoms with van der Waals surface area (Å²) in [6, 6.07) is 3.42. The van der Waals surface area contributed by atoms with E-state index in [0.717, 1.165) is 36.9 Å². The van der Waals surface area contributed by atoms with Gasteiger partial charge in [0, 0.05) is 25.3 Å². The molecule has 2 heterocycles. The minimum absolute atomic E-state index is 0.374. The Hall–Kier alpha value is -2.13. The molecule has 2 aliphatic rings. The second-order valence-corrected chi connectivity index (χ2v) is 5.54. The van der Waals surface area contributed by atoms with Crippen LogP contribution in [-0.4, -0.2) is 41.7 Å². The van der Waals surface area contributed by atoms with E-state index in [1.807, 2.05) is 6.07 Å². The number of aromatic nitrogens is 1. The van der Waals surface area contributed by atoms with Crippen LogP contribution >= 0.6 is 0 Å². The molecular weight excluding hydrogens is 268 g/mol. The summed E-state index contributed by atoms with van der Waals surface area (Å²) >= 11 is 0. The number of anilines is 1. The smallest absolute Gasteiger partial charge is 0.327 e. The molecule has 6 nitrogen and oxygen atoms in total. The van der Waals surface area contributed by atoms with Crippen molar-refractivity contribution in [3.8, 4) is 6.07 Å². The number of fused-ring (bicyclic) bond motifs is 1. The van der Waals surface area contributed by atoms with Gasteiger partial charge in [-0.1, -0.05) is 0 Å². The van der Waals surface area contributed by atoms with Crippen LogP contribution in [0, 0.1) is 11.3 Å². The molecule has 0 spiro atoms. The van der Waals surface area contributed by atoms with Gasteiger partial charge in [0.15, 0.2) is 0 Å². The first-order valence-corrected chi connectivity index (χ1v) is 7.34. The first-order valence-electron chi connectivity index (χ1n) is 7.34. The number of rotatable bonds is 2. The summed E-state index contributed by atoms with van der Waals surface area (Å²) in [6.45, 7) is 1.63. The molecule has 1 saturated heterocycles. The quantitative estimate of drug-likeness (QED) is 0.831. The molecule has 0 radical (unpaired) electrons. The lowest BCUT2D eigenvalue weighted by molar-refractivity contribution is -0.138. The SMILES string of the molecule is N#Cc1cc2c(nc1N1CCNCC1C(=O)O)CCCC2. The number of nitrogens with zero attached hydrogens (tertiary/aromatic N) is 3. The number of aliphatic carboxylic acids is 1. The molecule has 0 amide bonds. The fourth-order valence-electron chi connectivity index (χ4n) is 3.10. The summed E-state index contributed by atoms with van der Waals surface area (Å²) in [6.07, 6.45) is 4.11. The molecule has 0 aromatic carbocycles. The van der Waals surface area contributed by atoms with E-state index in [2.05, 4.69) is 16.4 Å². The number of hydrogen-bond acceptors (Lipinski definition) is 5. The van der Waals surface area contributed by atoms with Crippen LogP contribution in [0.15, 0.2) is 6.07 Å². The average molecular weight is 286 g/mol. The zero-order chi connectivity index (χ0) is 14.8. The Morgan fingerprint density at radius 1 is 1.48 bits per heavy atom. The highest BCUT2D eigenvalue weighted by Crippen LogP contribution is 2.28. The monoisotopic (exact) mass is 286 g/mol. The van der Waals surface area contributed by atoms with Crippen molar-refractivity contribution in [1.82, 2.24) is 10.3 Å². The highest BCUT2D eigenvalue weighted by molar-refractivity contribution is 5.79. The van der Waals surface area contributed by atoms with Crippen molar-refractivity contribution in [2.75, 3.05) is 24.5 Å². The summed E-state index contributed by atoms with van der Waals surface area (Å²) < 4.78 is 0. The van der Waals surface area contributed by atoms with Crippen LogP contribution in [0.3, 0.4) is 0 Å². The molecule has 1 unspecified atom stereocenters. The number of hydrogen-bond donors (Lipinski definition) is 2. The second kappa shape index (κ2) is 5.70. The third-order valence-electron chi connectivity index (χ3n) is 4.20. The molecule has 1 fully saturated rings. The molecule has 110 valence electrons. The van der Waals surface area contributed by atoms with Crippen molar-refractivity contribution in [1.29, 1.82) is 5.26 Å². The van der Waals surface area contributed by atoms with Crippen molar-refractivity contribution >= 4 is 11.8 Å². The Morgan fingerprint density at radius 3 is 3.05 bits per heavy atom. The van der Waals surface area contributed by atoms with Gasteiger partial charge in [0.25, 0.3) is 0 Å². The van der Waals surface area contributed by atoms with E-state index < -0.39 is 12.0 Å². The zero-order valence-corrected chi connectivity index (χ0v) is 11.8. The molecule has 1 aliphatic heterocycles. The Morgan fingerprint density at radius 2 is 2.29 bits per heavy atom. The number of nitriles is 1. The topological polar surface area (TPSA) is 89.3 Å². The van der Waals surface area contributed by atoms with Crippen LogP contribution in [0.5, 0.6) is 0 Å². The molecule has 3 rings (SSSR count). The lowest BCUT2D eigenvalue weighted by Crippen LogP contribution is -2.55. The van der Waals surface area contributed by atoms with E-state index in [9.17, 15) is 15.2 Å². The van der Waals surface area contributed by atoms with Gasteiger partial charge in [-0.15, -0.1) is 0 Å². The normalized spacial score (nSPS) is 21.5. The molecule has 6 heteroatoms. The largest absolute Gasteiger partial charge is 0.480 e. The highest BCUT2D eigenvalue weighted by Gasteiger charge is 2.31. The number of carboxylic acids is 1. The summed E-state index contributed by atoms with van der Waals surface area (Å²) in [4.78, 5) is 17.8. The van der Waals surface area contributed by atoms with Crippen LogP contribution in [0.25, 0.3) is 0 Å². The highest BCUT2D eigenvalue weighted by atomic mass is 16.4. The predicted molar refractivity (Wildman–Crippen MR) is 77.2 cm³/mol. The Bertz CT molecular complexity index is 608. The minimum Gasteiger partial charge on any atom is -0.480 e. The maximum atomic E-state index is 11.4. The predicted octanol–water partition coefficient (Wildman–Crippen LogP) is 0.695. The number of carboxylic acid groups (broad SMARTS) is 1. The maximum Gasteiger partial charge on any atom is 0.327 e. The molecular formula is C15H18N4O2. The first kappa shape index (κ1) is 13.8. The molecule has 1 atom stereocenters. The van der Waals surface area contributed by atoms with E-state index in [-0.39, 0.29) is 0 Å². The van der Waals surface area contributed by atoms with Gasteiger partial charge < -0.3 is 15.3 Å². The van der Waals surface area contributed by atoms with E-state index in [1.165, 1.54) is 0 Å². The van der Waals surface area contributed by atoms with Gasteiger partial charge in [0.05, 0.1) is 5.56 Å². The first-order chi connectivity index (χ1) is 10.2. The number of carbonyl (C=O) groups is 1. The molecule has 1 aromatic rings. The number of aryl methyl sites for hydroxylation is 2. The van der Waals surface area contributed by atoms with Crippen LogP contribution in [-0.2, 0) is 17.6 Å². The van der Waals surface area contributed by atoms with Gasteiger partial charge in [-0.05, 0) is 37.3 Å². The molecule has 0 saturated carbocycles. The van der Waals surface area contributed by atoms with Gasteiger partial charge >= 0.3 is 5.97 Å². The van der Waals surface area contributed by atoms with E-state index in [0.29, 0.717) is 31.0 Å². The van der Waals surface area contributed by atoms with Crippen LogP contribution in [0.2, 0.25) is 0 Å². The number of nitrogens with one attached hydrogen (secondary N) is 1. The van der Waals surface area contributed by atoms with Crippen molar-refractivity contribution < 1.29 is 9.90 Å². The van der Waals surface area contributed by atoms with Crippen molar-refractivity contribution in [2.45, 2.75) is 31.7 Å². The van der Waals surface area contributed by atoms with Crippen LogP contribution in [0.4, 0.5) is 5.82 Å². The lowest BCUT2D eigenvalue weighted by Gasteiger charge is -2.35. The molecule has 2 N–H and O–H groups in total. The summed E-state index contributed by atoms with van der Waals surface area (Å²) in [5.74, 6) is -0.349. The Balaban J connectivity index is 2.03. The van der Waals surface area contributed by atoms with Gasteiger partial charge in [0.1, 0.15) is 17.9 Å². The minimum atomic E-state index is -0.884. The summed E-state index contributed by atoms with van der Waals surface area (Å²) in [5, 5.41) is 21.9. The van der Waals surface area contributed by atoms with Crippen LogP contribution < -0.4 is 10.2 Å². The van der Waals surface area contributed by atoms with Crippen molar-refractivity contribution in [3.63, 3.8) is 0 Å². The average Bonchev–Trinajstić information content (AvgIpc) is 2.53. The van der Waals surface area contributed by atoms with Gasteiger partial charge in [-0.2, -0.15) is 5.26 Å². The van der Waals surface area contributed by atoms with E-state index in [4.69, 9.17) is 0 Å². The van der Waals surface area contributed by atoms with Crippen molar-refractivity contribution in [3.05, 3.63) is 22.9 Å². The zero-order valence-electron chi connectivity index (χ0n) is 11.8. The maximum absolute atomic E-state index is 11.4. The Kier molecular flexibility index (Phi) is 3.76. The van der Waals surface area contributed by atoms with Gasteiger partial charge in [-0.3, -0.25) is 0 Å². The molecule has 1 aliphatic carbocycles. The third kappa shape index (κ3) is 2.57. The van der Waals surface area contributed by atoms with Gasteiger partial charge in [-0.25, -0.2) is 9.78 Å². The molecule has 1 aromatic heterocycles. The van der Waals surface area contributed by atoms with Crippen molar-refractivity contribution in [2.24, 2.45) is 0 Å². The fourth-order valence-corrected chi connectivity index (χ4v) is 3.10. The molecule has 0 bridgehead atoms. The standard InChI is InChI=1S/C15H18N4O2/c16-8-11-7-10-3-1-2-4-12(10)18-14(11)19-6-5-17-9-13(19)15(20)21/h7,13,17H,1-6,9H2,(H,20,21). The summed E-state index contributed by atoms with van der Waals surface area (Å²) in [7, 11) is 0. The van der Waals surface area contributed by atoms with E-state index in [1.54, 1.807) is 4.90 Å². The molecule has 21 heavy (non-hydrogen) atoms. The fraction of sp³-hybridized carbons (Fsp3) is 0.533. The van der Waals surface area contributed by atoms with E-state index >= 15 is 0 Å². The third-order valence-corrected chi connectivity index (χ3v) is 4.20. The Labute approximate surface area is 123 Å². The number of pyridine rings is 1.